The van der Waals surface area contributed by atoms with Crippen molar-refractivity contribution in [1.29, 1.82) is 5.26 Å². The highest BCUT2D eigenvalue weighted by molar-refractivity contribution is 5.46. The van der Waals surface area contributed by atoms with Crippen molar-refractivity contribution in [1.82, 2.24) is 14.4 Å². The fourth-order valence-electron chi connectivity index (χ4n) is 2.59. The first kappa shape index (κ1) is 11.9. The zero-order valence-corrected chi connectivity index (χ0v) is 10.6. The summed E-state index contributed by atoms with van der Waals surface area (Å²) in [7, 11) is 0. The van der Waals surface area contributed by atoms with Crippen molar-refractivity contribution >= 4 is 5.52 Å². The summed E-state index contributed by atoms with van der Waals surface area (Å²) >= 11 is 0. The van der Waals surface area contributed by atoms with Gasteiger partial charge < -0.3 is 9.72 Å². The van der Waals surface area contributed by atoms with E-state index in [1.165, 1.54) is 6.20 Å². The molecule has 1 fully saturated rings. The lowest BCUT2D eigenvalue weighted by molar-refractivity contribution is 0.0649. The van der Waals surface area contributed by atoms with Crippen LogP contribution in [0.5, 0.6) is 0 Å². The largest absolute Gasteiger partial charge is 0.381 e. The molecule has 1 saturated heterocycles. The number of hydrogen-bond donors (Lipinski definition) is 1. The monoisotopic (exact) mass is 258 g/mol. The quantitative estimate of drug-likeness (QED) is 0.823. The van der Waals surface area contributed by atoms with Gasteiger partial charge in [0.25, 0.3) is 5.56 Å². The van der Waals surface area contributed by atoms with Gasteiger partial charge in [-0.25, -0.2) is 4.98 Å². The Morgan fingerprint density at radius 2 is 2.26 bits per heavy atom. The zero-order chi connectivity index (χ0) is 13.5. The number of aryl methyl sites for hydroxylation is 1. The van der Waals surface area contributed by atoms with Gasteiger partial charge in [-0.2, -0.15) is 5.26 Å². The van der Waals surface area contributed by atoms with Gasteiger partial charge in [0.05, 0.1) is 12.3 Å². The number of H-pyrrole nitrogens is 1. The van der Waals surface area contributed by atoms with E-state index in [4.69, 9.17) is 4.74 Å². The van der Waals surface area contributed by atoms with Crippen LogP contribution >= 0.6 is 0 Å². The van der Waals surface area contributed by atoms with Crippen LogP contribution in [0.4, 0.5) is 0 Å². The fourth-order valence-corrected chi connectivity index (χ4v) is 2.59. The first-order valence-corrected chi connectivity index (χ1v) is 6.23. The average Bonchev–Trinajstić information content (AvgIpc) is 2.84. The summed E-state index contributed by atoms with van der Waals surface area (Å²) in [4.78, 5) is 18.9. The molecule has 3 heterocycles. The van der Waals surface area contributed by atoms with Crippen LogP contribution in [0.25, 0.3) is 5.52 Å². The lowest BCUT2D eigenvalue weighted by Crippen LogP contribution is -2.34. The highest BCUT2D eigenvalue weighted by Gasteiger charge is 2.38. The van der Waals surface area contributed by atoms with Crippen molar-refractivity contribution in [2.45, 2.75) is 25.2 Å². The molecule has 19 heavy (non-hydrogen) atoms. The number of aromatic amines is 1. The number of nitriles is 1. The third kappa shape index (κ3) is 1.74. The number of ether oxygens (including phenoxy) is 1. The normalized spacial score (nSPS) is 18.3. The smallest absolute Gasteiger partial charge is 0.274 e. The second kappa shape index (κ2) is 4.21. The van der Waals surface area contributed by atoms with E-state index < -0.39 is 5.41 Å². The first-order valence-electron chi connectivity index (χ1n) is 6.23. The summed E-state index contributed by atoms with van der Waals surface area (Å²) < 4.78 is 7.07. The van der Waals surface area contributed by atoms with Crippen LogP contribution in [0.3, 0.4) is 0 Å². The number of hydrogen-bond acceptors (Lipinski definition) is 4. The maximum absolute atomic E-state index is 11.9. The van der Waals surface area contributed by atoms with Crippen molar-refractivity contribution in [3.63, 3.8) is 0 Å². The van der Waals surface area contributed by atoms with Crippen LogP contribution in [-0.4, -0.2) is 27.6 Å². The Labute approximate surface area is 109 Å². The van der Waals surface area contributed by atoms with Gasteiger partial charge in [0.1, 0.15) is 16.8 Å². The number of fused-ring (bicyclic) bond motifs is 1. The fraction of sp³-hybridized carbons (Fsp3) is 0.462. The third-order valence-corrected chi connectivity index (χ3v) is 3.65. The number of imidazole rings is 1. The van der Waals surface area contributed by atoms with E-state index in [1.807, 2.05) is 13.1 Å². The van der Waals surface area contributed by atoms with E-state index in [1.54, 1.807) is 4.40 Å². The summed E-state index contributed by atoms with van der Waals surface area (Å²) in [5, 5.41) is 9.57. The molecule has 2 aromatic rings. The summed E-state index contributed by atoms with van der Waals surface area (Å²) in [6.45, 7) is 2.91. The molecule has 1 aliphatic heterocycles. The number of rotatable bonds is 1. The molecular formula is C13H14N4O2. The predicted molar refractivity (Wildman–Crippen MR) is 67.9 cm³/mol. The van der Waals surface area contributed by atoms with Crippen LogP contribution in [0, 0.1) is 18.3 Å². The highest BCUT2D eigenvalue weighted by atomic mass is 16.5. The molecule has 0 bridgehead atoms. The van der Waals surface area contributed by atoms with Crippen LogP contribution in [-0.2, 0) is 10.2 Å². The molecule has 6 heteroatoms. The summed E-state index contributed by atoms with van der Waals surface area (Å²) in [6.07, 6.45) is 4.55. The molecule has 98 valence electrons. The Bertz CT molecular complexity index is 716. The minimum absolute atomic E-state index is 0.182. The SMILES string of the molecule is Cc1cn2c(C3(C#N)CCOCC3)ncc2c(=O)[nH]1. The van der Waals surface area contributed by atoms with Crippen LogP contribution in [0.15, 0.2) is 17.2 Å². The summed E-state index contributed by atoms with van der Waals surface area (Å²) in [5.41, 5.74) is 0.378. The molecule has 0 radical (unpaired) electrons. The molecule has 0 amide bonds. The van der Waals surface area contributed by atoms with Crippen LogP contribution < -0.4 is 5.56 Å². The number of aromatic nitrogens is 3. The third-order valence-electron chi connectivity index (χ3n) is 3.65. The highest BCUT2D eigenvalue weighted by Crippen LogP contribution is 2.33. The molecule has 3 rings (SSSR count). The van der Waals surface area contributed by atoms with E-state index in [-0.39, 0.29) is 5.56 Å². The first-order chi connectivity index (χ1) is 9.16. The van der Waals surface area contributed by atoms with Gasteiger partial charge >= 0.3 is 0 Å². The predicted octanol–water partition coefficient (Wildman–Crippen LogP) is 0.903. The lowest BCUT2D eigenvalue weighted by atomic mass is 9.81. The Morgan fingerprint density at radius 3 is 2.95 bits per heavy atom. The van der Waals surface area contributed by atoms with E-state index in [9.17, 15) is 10.1 Å². The van der Waals surface area contributed by atoms with Gasteiger partial charge in [0, 0.05) is 25.1 Å². The van der Waals surface area contributed by atoms with Crippen molar-refractivity contribution in [3.8, 4) is 6.07 Å². The molecule has 0 aliphatic carbocycles. The molecule has 1 N–H and O–H groups in total. The van der Waals surface area contributed by atoms with Crippen LogP contribution in [0.1, 0.15) is 24.4 Å². The van der Waals surface area contributed by atoms with Gasteiger partial charge in [0.2, 0.25) is 0 Å². The topological polar surface area (TPSA) is 83.2 Å². The van der Waals surface area contributed by atoms with Gasteiger partial charge in [-0.05, 0) is 19.8 Å². The van der Waals surface area contributed by atoms with Gasteiger partial charge in [-0.3, -0.25) is 9.20 Å². The maximum Gasteiger partial charge on any atom is 0.274 e. The van der Waals surface area contributed by atoms with Crippen LogP contribution in [0.2, 0.25) is 0 Å². The molecular weight excluding hydrogens is 244 g/mol. The molecule has 2 aromatic heterocycles. The van der Waals surface area contributed by atoms with Crippen molar-refractivity contribution in [3.05, 3.63) is 34.3 Å². The molecule has 1 aliphatic rings. The second-order valence-electron chi connectivity index (χ2n) is 4.91. The van der Waals surface area contributed by atoms with E-state index >= 15 is 0 Å². The molecule has 0 atom stereocenters. The number of nitrogens with zero attached hydrogens (tertiary/aromatic N) is 3. The van der Waals surface area contributed by atoms with Gasteiger partial charge in [-0.1, -0.05) is 0 Å². The maximum atomic E-state index is 11.9. The van der Waals surface area contributed by atoms with Crippen molar-refractivity contribution in [2.24, 2.45) is 0 Å². The zero-order valence-electron chi connectivity index (χ0n) is 10.6. The molecule has 0 aromatic carbocycles. The second-order valence-corrected chi connectivity index (χ2v) is 4.91. The van der Waals surface area contributed by atoms with Crippen molar-refractivity contribution in [2.75, 3.05) is 13.2 Å². The van der Waals surface area contributed by atoms with Gasteiger partial charge in [-0.15, -0.1) is 0 Å². The van der Waals surface area contributed by atoms with E-state index in [0.717, 1.165) is 5.69 Å². The Hall–Kier alpha value is -2.13. The lowest BCUT2D eigenvalue weighted by Gasteiger charge is -2.29. The Kier molecular flexibility index (Phi) is 2.64. The molecule has 6 nitrogen and oxygen atoms in total. The average molecular weight is 258 g/mol. The van der Waals surface area contributed by atoms with E-state index in [2.05, 4.69) is 16.0 Å². The minimum atomic E-state index is -0.662. The Morgan fingerprint density at radius 1 is 1.53 bits per heavy atom. The van der Waals surface area contributed by atoms with Gasteiger partial charge in [0.15, 0.2) is 0 Å². The molecule has 0 unspecified atom stereocenters. The summed E-state index contributed by atoms with van der Waals surface area (Å²) in [5.74, 6) is 0.641. The summed E-state index contributed by atoms with van der Waals surface area (Å²) in [6, 6.07) is 2.38. The number of nitrogens with one attached hydrogen (secondary N) is 1. The Balaban J connectivity index is 2.25. The standard InChI is InChI=1S/C13H14N4O2/c1-9-7-17-10(11(18)16-9)6-15-12(17)13(8-14)2-4-19-5-3-13/h6-7H,2-5H2,1H3,(H,16,18). The minimum Gasteiger partial charge on any atom is -0.381 e. The molecule has 0 spiro atoms. The molecule has 0 saturated carbocycles. The van der Waals surface area contributed by atoms with Crippen molar-refractivity contribution < 1.29 is 4.74 Å². The van der Waals surface area contributed by atoms with E-state index in [0.29, 0.717) is 37.4 Å².